The minimum absolute atomic E-state index is 0.706. The fourth-order valence-electron chi connectivity index (χ4n) is 1.20. The van der Waals surface area contributed by atoms with Crippen LogP contribution in [-0.4, -0.2) is 17.5 Å². The second kappa shape index (κ2) is 3.40. The predicted octanol–water partition coefficient (Wildman–Crippen LogP) is 2.52. The summed E-state index contributed by atoms with van der Waals surface area (Å²) in [6, 6.07) is 9.30. The summed E-state index contributed by atoms with van der Waals surface area (Å²) in [4.78, 5) is 0. The van der Waals surface area contributed by atoms with Gasteiger partial charge in [0.2, 0.25) is 0 Å². The molecule has 1 saturated heterocycles. The average Bonchev–Trinajstić information content (AvgIpc) is 2.00. The summed E-state index contributed by atoms with van der Waals surface area (Å²) in [5.41, 5.74) is 2.58. The van der Waals surface area contributed by atoms with E-state index in [1.54, 1.807) is 0 Å². The normalized spacial score (nSPS) is 17.1. The largest absolute Gasteiger partial charge is 0.381 e. The van der Waals surface area contributed by atoms with Crippen LogP contribution in [0, 0.1) is 6.92 Å². The molecule has 0 saturated carbocycles. The highest BCUT2D eigenvalue weighted by atomic mass is 32.2. The quantitative estimate of drug-likeness (QED) is 0.748. The van der Waals surface area contributed by atoms with Crippen molar-refractivity contribution in [1.29, 1.82) is 0 Å². The molecular formula is C10H13NS. The Kier molecular flexibility index (Phi) is 2.26. The third-order valence-electron chi connectivity index (χ3n) is 2.06. The monoisotopic (exact) mass is 179 g/mol. The van der Waals surface area contributed by atoms with E-state index < -0.39 is 0 Å². The molecule has 0 spiro atoms. The minimum Gasteiger partial charge on any atom is -0.381 e. The Bertz CT molecular complexity index is 251. The highest BCUT2D eigenvalue weighted by molar-refractivity contribution is 8.00. The summed E-state index contributed by atoms with van der Waals surface area (Å²) >= 11 is 2.01. The first-order chi connectivity index (χ1) is 5.84. The Morgan fingerprint density at radius 2 is 1.92 bits per heavy atom. The van der Waals surface area contributed by atoms with Gasteiger partial charge in [-0.25, -0.2) is 0 Å². The van der Waals surface area contributed by atoms with E-state index >= 15 is 0 Å². The van der Waals surface area contributed by atoms with E-state index in [1.165, 1.54) is 22.8 Å². The lowest BCUT2D eigenvalue weighted by Gasteiger charge is -2.26. The first kappa shape index (κ1) is 7.99. The number of hydrogen-bond acceptors (Lipinski definition) is 2. The molecule has 0 radical (unpaired) electrons. The molecule has 1 nitrogen and oxygen atoms in total. The van der Waals surface area contributed by atoms with Crippen LogP contribution in [0.1, 0.15) is 5.56 Å². The van der Waals surface area contributed by atoms with Crippen molar-refractivity contribution < 1.29 is 0 Å². The number of thioether (sulfide) groups is 1. The van der Waals surface area contributed by atoms with Gasteiger partial charge in [-0.15, -0.1) is 0 Å². The molecule has 12 heavy (non-hydrogen) atoms. The molecule has 1 N–H and O–H groups in total. The van der Waals surface area contributed by atoms with Crippen LogP contribution in [0.2, 0.25) is 0 Å². The van der Waals surface area contributed by atoms with Crippen LogP contribution >= 0.6 is 11.8 Å². The van der Waals surface area contributed by atoms with Gasteiger partial charge in [-0.1, -0.05) is 17.7 Å². The van der Waals surface area contributed by atoms with Gasteiger partial charge in [0.1, 0.15) is 0 Å². The van der Waals surface area contributed by atoms with Crippen LogP contribution < -0.4 is 5.32 Å². The maximum atomic E-state index is 3.48. The molecule has 0 aromatic heterocycles. The molecular weight excluding hydrogens is 166 g/mol. The van der Waals surface area contributed by atoms with Crippen molar-refractivity contribution >= 4 is 17.4 Å². The number of hydrogen-bond donors (Lipinski definition) is 1. The summed E-state index contributed by atoms with van der Waals surface area (Å²) in [5, 5.41) is 3.48. The van der Waals surface area contributed by atoms with E-state index in [4.69, 9.17) is 0 Å². The van der Waals surface area contributed by atoms with Crippen LogP contribution in [0.4, 0.5) is 5.69 Å². The molecule has 0 amide bonds. The third-order valence-corrected chi connectivity index (χ3v) is 3.34. The van der Waals surface area contributed by atoms with Gasteiger partial charge in [-0.2, -0.15) is 11.8 Å². The lowest BCUT2D eigenvalue weighted by atomic mass is 10.2. The maximum absolute atomic E-state index is 3.48. The summed E-state index contributed by atoms with van der Waals surface area (Å²) in [7, 11) is 0. The van der Waals surface area contributed by atoms with Crippen LogP contribution in [0.15, 0.2) is 24.3 Å². The minimum atomic E-state index is 0.706. The van der Waals surface area contributed by atoms with E-state index in [9.17, 15) is 0 Å². The lowest BCUT2D eigenvalue weighted by Crippen LogP contribution is -2.33. The predicted molar refractivity (Wildman–Crippen MR) is 55.9 cm³/mol. The molecule has 0 unspecified atom stereocenters. The molecule has 0 aliphatic carbocycles. The van der Waals surface area contributed by atoms with Crippen molar-refractivity contribution in [3.05, 3.63) is 29.8 Å². The van der Waals surface area contributed by atoms with Gasteiger partial charge < -0.3 is 5.32 Å². The molecule has 0 atom stereocenters. The molecule has 1 fully saturated rings. The molecule has 1 aromatic carbocycles. The van der Waals surface area contributed by atoms with Crippen LogP contribution in [0.5, 0.6) is 0 Å². The number of anilines is 1. The third kappa shape index (κ3) is 1.75. The summed E-state index contributed by atoms with van der Waals surface area (Å²) in [6.45, 7) is 2.11. The zero-order valence-electron chi connectivity index (χ0n) is 7.21. The van der Waals surface area contributed by atoms with Gasteiger partial charge in [0, 0.05) is 23.2 Å². The van der Waals surface area contributed by atoms with Crippen LogP contribution in [0.3, 0.4) is 0 Å². The summed E-state index contributed by atoms with van der Waals surface area (Å²) in [5.74, 6) is 2.52. The zero-order valence-corrected chi connectivity index (χ0v) is 8.03. The van der Waals surface area contributed by atoms with E-state index in [1.807, 2.05) is 11.8 Å². The van der Waals surface area contributed by atoms with Crippen molar-refractivity contribution in [3.8, 4) is 0 Å². The van der Waals surface area contributed by atoms with Crippen molar-refractivity contribution in [2.75, 3.05) is 16.8 Å². The van der Waals surface area contributed by atoms with Gasteiger partial charge >= 0.3 is 0 Å². The van der Waals surface area contributed by atoms with Gasteiger partial charge in [0.05, 0.1) is 0 Å². The second-order valence-electron chi connectivity index (χ2n) is 3.24. The van der Waals surface area contributed by atoms with Gasteiger partial charge in [0.25, 0.3) is 0 Å². The van der Waals surface area contributed by atoms with Gasteiger partial charge in [0.15, 0.2) is 0 Å². The number of rotatable bonds is 2. The van der Waals surface area contributed by atoms with E-state index in [-0.39, 0.29) is 0 Å². The maximum Gasteiger partial charge on any atom is 0.0442 e. The molecule has 2 rings (SSSR count). The molecule has 1 aromatic rings. The Balaban J connectivity index is 1.98. The molecule has 0 bridgehead atoms. The van der Waals surface area contributed by atoms with E-state index in [0.29, 0.717) is 6.04 Å². The first-order valence-electron chi connectivity index (χ1n) is 4.25. The highest BCUT2D eigenvalue weighted by Crippen LogP contribution is 2.21. The molecule has 1 aliphatic rings. The van der Waals surface area contributed by atoms with Crippen LogP contribution in [0.25, 0.3) is 0 Å². The van der Waals surface area contributed by atoms with E-state index in [2.05, 4.69) is 36.5 Å². The average molecular weight is 179 g/mol. The second-order valence-corrected chi connectivity index (χ2v) is 4.32. The first-order valence-corrected chi connectivity index (χ1v) is 5.41. The lowest BCUT2D eigenvalue weighted by molar-refractivity contribution is 0.882. The Morgan fingerprint density at radius 1 is 1.25 bits per heavy atom. The smallest absolute Gasteiger partial charge is 0.0442 e. The summed E-state index contributed by atoms with van der Waals surface area (Å²) < 4.78 is 0. The summed E-state index contributed by atoms with van der Waals surface area (Å²) in [6.07, 6.45) is 0. The van der Waals surface area contributed by atoms with Gasteiger partial charge in [-0.05, 0) is 19.1 Å². The highest BCUT2D eigenvalue weighted by Gasteiger charge is 2.16. The topological polar surface area (TPSA) is 12.0 Å². The van der Waals surface area contributed by atoms with Crippen LogP contribution in [-0.2, 0) is 0 Å². The van der Waals surface area contributed by atoms with Gasteiger partial charge in [-0.3, -0.25) is 0 Å². The SMILES string of the molecule is Cc1ccc(NC2CSC2)cc1. The molecule has 1 aliphatic heterocycles. The Hall–Kier alpha value is -0.630. The fraction of sp³-hybridized carbons (Fsp3) is 0.400. The number of aryl methyl sites for hydroxylation is 1. The van der Waals surface area contributed by atoms with Crippen molar-refractivity contribution in [1.82, 2.24) is 0 Å². The fourth-order valence-corrected chi connectivity index (χ4v) is 1.84. The Morgan fingerprint density at radius 3 is 2.42 bits per heavy atom. The molecule has 2 heteroatoms. The molecule has 1 heterocycles. The molecule has 64 valence electrons. The Labute approximate surface area is 77.6 Å². The van der Waals surface area contributed by atoms with Crippen molar-refractivity contribution in [3.63, 3.8) is 0 Å². The standard InChI is InChI=1S/C10H13NS/c1-8-2-4-9(5-3-8)11-10-6-12-7-10/h2-5,10-11H,6-7H2,1H3. The van der Waals surface area contributed by atoms with E-state index in [0.717, 1.165) is 0 Å². The number of benzene rings is 1. The van der Waals surface area contributed by atoms with Crippen molar-refractivity contribution in [2.24, 2.45) is 0 Å². The zero-order chi connectivity index (χ0) is 8.39. The van der Waals surface area contributed by atoms with Crippen molar-refractivity contribution in [2.45, 2.75) is 13.0 Å². The number of nitrogens with one attached hydrogen (secondary N) is 1.